The fourth-order valence-corrected chi connectivity index (χ4v) is 3.16. The molecule has 122 valence electrons. The van der Waals surface area contributed by atoms with E-state index in [0.717, 1.165) is 23.4 Å². The highest BCUT2D eigenvalue weighted by Crippen LogP contribution is 2.20. The van der Waals surface area contributed by atoms with Gasteiger partial charge in [-0.1, -0.05) is 29.8 Å². The Morgan fingerprint density at radius 2 is 2.13 bits per heavy atom. The number of thioether (sulfide) groups is 1. The summed E-state index contributed by atoms with van der Waals surface area (Å²) in [4.78, 5) is 13.1. The van der Waals surface area contributed by atoms with Crippen LogP contribution in [0.25, 0.3) is 6.08 Å². The number of rotatable bonds is 7. The molecular weight excluding hydrogens is 330 g/mol. The van der Waals surface area contributed by atoms with Gasteiger partial charge in [-0.05, 0) is 37.3 Å². The van der Waals surface area contributed by atoms with E-state index in [1.807, 2.05) is 25.1 Å². The van der Waals surface area contributed by atoms with Gasteiger partial charge in [-0.15, -0.1) is 11.8 Å². The molecule has 1 N–H and O–H groups in total. The lowest BCUT2D eigenvalue weighted by molar-refractivity contribution is -0.116. The van der Waals surface area contributed by atoms with E-state index in [9.17, 15) is 4.79 Å². The summed E-state index contributed by atoms with van der Waals surface area (Å²) in [5.41, 5.74) is 1.59. The van der Waals surface area contributed by atoms with E-state index in [0.29, 0.717) is 11.7 Å². The summed E-state index contributed by atoms with van der Waals surface area (Å²) in [5, 5.41) is 7.61. The molecule has 1 amide bonds. The Morgan fingerprint density at radius 1 is 1.39 bits per heavy atom. The molecule has 23 heavy (non-hydrogen) atoms. The van der Waals surface area contributed by atoms with Crippen molar-refractivity contribution < 1.29 is 4.79 Å². The average Bonchev–Trinajstić information content (AvgIpc) is 2.79. The number of aromatic nitrogens is 2. The van der Waals surface area contributed by atoms with Gasteiger partial charge in [0.15, 0.2) is 0 Å². The Bertz CT molecular complexity index is 683. The Balaban J connectivity index is 1.70. The standard InChI is InChI=1S/C17H20ClN3OS/c1-13-15(17(18)21(2)20-13)9-10-16(22)19-11-6-12-23-14-7-4-3-5-8-14/h3-5,7-10H,6,11-12H2,1-2H3,(H,19,22)/b10-9+. The topological polar surface area (TPSA) is 46.9 Å². The molecule has 2 aromatic rings. The zero-order valence-corrected chi connectivity index (χ0v) is 14.8. The maximum atomic E-state index is 11.8. The average molecular weight is 350 g/mol. The molecule has 0 aliphatic rings. The fourth-order valence-electron chi connectivity index (χ4n) is 2.04. The first-order valence-electron chi connectivity index (χ1n) is 7.41. The maximum Gasteiger partial charge on any atom is 0.244 e. The minimum atomic E-state index is -0.117. The van der Waals surface area contributed by atoms with Crippen molar-refractivity contribution in [1.29, 1.82) is 0 Å². The second-order valence-electron chi connectivity index (χ2n) is 5.05. The van der Waals surface area contributed by atoms with Gasteiger partial charge in [0.1, 0.15) is 5.15 Å². The quantitative estimate of drug-likeness (QED) is 0.471. The van der Waals surface area contributed by atoms with E-state index in [-0.39, 0.29) is 5.91 Å². The van der Waals surface area contributed by atoms with E-state index in [1.165, 1.54) is 11.0 Å². The molecule has 0 aliphatic carbocycles. The Hall–Kier alpha value is -1.72. The molecule has 1 aromatic heterocycles. The van der Waals surface area contributed by atoms with E-state index in [1.54, 1.807) is 29.6 Å². The fraction of sp³-hybridized carbons (Fsp3) is 0.294. The lowest BCUT2D eigenvalue weighted by Crippen LogP contribution is -2.22. The van der Waals surface area contributed by atoms with Crippen molar-refractivity contribution in [3.05, 3.63) is 52.8 Å². The van der Waals surface area contributed by atoms with Crippen molar-refractivity contribution in [2.75, 3.05) is 12.3 Å². The van der Waals surface area contributed by atoms with Crippen LogP contribution in [0.2, 0.25) is 5.15 Å². The minimum absolute atomic E-state index is 0.117. The summed E-state index contributed by atoms with van der Waals surface area (Å²) in [6, 6.07) is 10.2. The first-order valence-corrected chi connectivity index (χ1v) is 8.77. The lowest BCUT2D eigenvalue weighted by atomic mass is 10.2. The third kappa shape index (κ3) is 5.44. The SMILES string of the molecule is Cc1nn(C)c(Cl)c1/C=C/C(=O)NCCCSc1ccccc1. The number of amides is 1. The number of hydrogen-bond donors (Lipinski definition) is 1. The molecule has 2 rings (SSSR count). The van der Waals surface area contributed by atoms with Crippen LogP contribution in [0, 0.1) is 6.92 Å². The van der Waals surface area contributed by atoms with Crippen molar-refractivity contribution >= 4 is 35.3 Å². The number of benzene rings is 1. The van der Waals surface area contributed by atoms with Crippen molar-refractivity contribution in [2.45, 2.75) is 18.2 Å². The molecule has 0 aliphatic heterocycles. The predicted molar refractivity (Wildman–Crippen MR) is 96.8 cm³/mol. The number of nitrogens with zero attached hydrogens (tertiary/aromatic N) is 2. The summed E-state index contributed by atoms with van der Waals surface area (Å²) in [5.74, 6) is 0.857. The van der Waals surface area contributed by atoms with Gasteiger partial charge in [0.25, 0.3) is 0 Å². The van der Waals surface area contributed by atoms with Gasteiger partial charge in [0.05, 0.1) is 5.69 Å². The van der Waals surface area contributed by atoms with Gasteiger partial charge in [0.2, 0.25) is 5.91 Å². The van der Waals surface area contributed by atoms with Crippen LogP contribution >= 0.6 is 23.4 Å². The van der Waals surface area contributed by atoms with E-state index < -0.39 is 0 Å². The number of hydrogen-bond acceptors (Lipinski definition) is 3. The molecule has 0 unspecified atom stereocenters. The van der Waals surface area contributed by atoms with E-state index >= 15 is 0 Å². The van der Waals surface area contributed by atoms with Gasteiger partial charge >= 0.3 is 0 Å². The van der Waals surface area contributed by atoms with Crippen LogP contribution in [0.5, 0.6) is 0 Å². The van der Waals surface area contributed by atoms with E-state index in [2.05, 4.69) is 22.5 Å². The first-order chi connectivity index (χ1) is 11.1. The summed E-state index contributed by atoms with van der Waals surface area (Å²) >= 11 is 7.91. The molecule has 1 heterocycles. The van der Waals surface area contributed by atoms with Crippen molar-refractivity contribution in [3.63, 3.8) is 0 Å². The van der Waals surface area contributed by atoms with Crippen LogP contribution in [-0.4, -0.2) is 28.0 Å². The predicted octanol–water partition coefficient (Wildman–Crippen LogP) is 3.69. The zero-order chi connectivity index (χ0) is 16.7. The van der Waals surface area contributed by atoms with Crippen LogP contribution in [0.1, 0.15) is 17.7 Å². The molecule has 0 bridgehead atoms. The molecule has 1 aromatic carbocycles. The molecule has 0 saturated heterocycles. The Labute approximate surface area is 145 Å². The minimum Gasteiger partial charge on any atom is -0.353 e. The second kappa shape index (κ2) is 8.79. The second-order valence-corrected chi connectivity index (χ2v) is 6.58. The highest BCUT2D eigenvalue weighted by atomic mass is 35.5. The number of carbonyl (C=O) groups excluding carboxylic acids is 1. The monoisotopic (exact) mass is 349 g/mol. The maximum absolute atomic E-state index is 11.8. The van der Waals surface area contributed by atoms with E-state index in [4.69, 9.17) is 11.6 Å². The number of nitrogens with one attached hydrogen (secondary N) is 1. The van der Waals surface area contributed by atoms with Crippen LogP contribution in [-0.2, 0) is 11.8 Å². The molecular formula is C17H20ClN3OS. The van der Waals surface area contributed by atoms with Crippen LogP contribution in [0.4, 0.5) is 0 Å². The molecule has 0 atom stereocenters. The smallest absolute Gasteiger partial charge is 0.244 e. The first kappa shape index (κ1) is 17.6. The molecule has 0 fully saturated rings. The summed E-state index contributed by atoms with van der Waals surface area (Å²) in [6.45, 7) is 2.52. The number of aryl methyl sites for hydroxylation is 2. The van der Waals surface area contributed by atoms with Crippen molar-refractivity contribution in [3.8, 4) is 0 Å². The third-order valence-electron chi connectivity index (χ3n) is 3.23. The molecule has 6 heteroatoms. The normalized spacial score (nSPS) is 11.1. The van der Waals surface area contributed by atoms with Crippen LogP contribution in [0.15, 0.2) is 41.3 Å². The van der Waals surface area contributed by atoms with Crippen molar-refractivity contribution in [2.24, 2.45) is 7.05 Å². The largest absolute Gasteiger partial charge is 0.353 e. The Kier molecular flexibility index (Phi) is 6.74. The molecule has 0 radical (unpaired) electrons. The summed E-state index contributed by atoms with van der Waals surface area (Å²) < 4.78 is 1.59. The highest BCUT2D eigenvalue weighted by Gasteiger charge is 2.08. The zero-order valence-electron chi connectivity index (χ0n) is 13.3. The number of halogens is 1. The van der Waals surface area contributed by atoms with Gasteiger partial charge in [0, 0.05) is 30.1 Å². The van der Waals surface area contributed by atoms with Crippen molar-refractivity contribution in [1.82, 2.24) is 15.1 Å². The van der Waals surface area contributed by atoms with Gasteiger partial charge in [-0.3, -0.25) is 9.48 Å². The molecule has 0 spiro atoms. The van der Waals surface area contributed by atoms with Crippen LogP contribution < -0.4 is 5.32 Å². The van der Waals surface area contributed by atoms with Gasteiger partial charge in [-0.25, -0.2) is 0 Å². The molecule has 0 saturated carbocycles. The summed E-state index contributed by atoms with van der Waals surface area (Å²) in [6.07, 6.45) is 4.13. The van der Waals surface area contributed by atoms with Gasteiger partial charge < -0.3 is 5.32 Å². The molecule has 4 nitrogen and oxygen atoms in total. The van der Waals surface area contributed by atoms with Crippen LogP contribution in [0.3, 0.4) is 0 Å². The Morgan fingerprint density at radius 3 is 2.78 bits per heavy atom. The number of carbonyl (C=O) groups is 1. The lowest BCUT2D eigenvalue weighted by Gasteiger charge is -2.03. The van der Waals surface area contributed by atoms with Gasteiger partial charge in [-0.2, -0.15) is 5.10 Å². The highest BCUT2D eigenvalue weighted by molar-refractivity contribution is 7.99. The third-order valence-corrected chi connectivity index (χ3v) is 4.78. The summed E-state index contributed by atoms with van der Waals surface area (Å²) in [7, 11) is 1.77.